The van der Waals surface area contributed by atoms with E-state index in [2.05, 4.69) is 17.5 Å². The number of phenolic OH excluding ortho intramolecular Hbond substituents is 2. The number of amides is 1. The van der Waals surface area contributed by atoms with E-state index in [-0.39, 0.29) is 17.4 Å². The van der Waals surface area contributed by atoms with Crippen LogP contribution in [0, 0.1) is 0 Å². The lowest BCUT2D eigenvalue weighted by molar-refractivity contribution is -0.121. The van der Waals surface area contributed by atoms with Gasteiger partial charge in [0, 0.05) is 18.1 Å². The number of hydrazone groups is 1. The molecular formula is C18H28N2O3. The predicted molar refractivity (Wildman–Crippen MR) is 92.7 cm³/mol. The number of rotatable bonds is 10. The number of carbonyl (C=O) groups is 1. The number of benzene rings is 1. The maximum absolute atomic E-state index is 11.7. The van der Waals surface area contributed by atoms with Crippen molar-refractivity contribution < 1.29 is 15.0 Å². The molecule has 0 heterocycles. The van der Waals surface area contributed by atoms with Gasteiger partial charge < -0.3 is 10.2 Å². The topological polar surface area (TPSA) is 81.9 Å². The van der Waals surface area contributed by atoms with E-state index in [0.29, 0.717) is 17.7 Å². The van der Waals surface area contributed by atoms with Crippen molar-refractivity contribution >= 4 is 11.6 Å². The Labute approximate surface area is 138 Å². The number of hydrogen-bond acceptors (Lipinski definition) is 4. The van der Waals surface area contributed by atoms with Gasteiger partial charge in [0.05, 0.1) is 5.71 Å². The van der Waals surface area contributed by atoms with E-state index < -0.39 is 0 Å². The lowest BCUT2D eigenvalue weighted by atomic mass is 10.1. The highest BCUT2D eigenvalue weighted by Gasteiger charge is 2.06. The molecule has 0 unspecified atom stereocenters. The largest absolute Gasteiger partial charge is 0.508 e. The molecule has 0 saturated carbocycles. The monoisotopic (exact) mass is 320 g/mol. The van der Waals surface area contributed by atoms with E-state index in [1.165, 1.54) is 44.2 Å². The highest BCUT2D eigenvalue weighted by atomic mass is 16.3. The zero-order valence-electron chi connectivity index (χ0n) is 14.1. The number of carbonyl (C=O) groups excluding carboxylic acids is 1. The van der Waals surface area contributed by atoms with Crippen LogP contribution in [-0.2, 0) is 4.79 Å². The first kappa shape index (κ1) is 19.0. The summed E-state index contributed by atoms with van der Waals surface area (Å²) in [5.74, 6) is -0.189. The first-order valence-electron chi connectivity index (χ1n) is 8.40. The van der Waals surface area contributed by atoms with Gasteiger partial charge in [0.25, 0.3) is 0 Å². The van der Waals surface area contributed by atoms with Gasteiger partial charge in [-0.05, 0) is 25.5 Å². The average molecular weight is 320 g/mol. The summed E-state index contributed by atoms with van der Waals surface area (Å²) in [4.78, 5) is 11.7. The minimum atomic E-state index is -0.115. The molecule has 0 spiro atoms. The Morgan fingerprint density at radius 3 is 2.39 bits per heavy atom. The molecular weight excluding hydrogens is 292 g/mol. The molecule has 3 N–H and O–H groups in total. The van der Waals surface area contributed by atoms with Crippen molar-refractivity contribution in [1.29, 1.82) is 0 Å². The molecule has 1 aromatic carbocycles. The summed E-state index contributed by atoms with van der Waals surface area (Å²) in [6.07, 6.45) is 8.64. The van der Waals surface area contributed by atoms with Crippen LogP contribution in [0.25, 0.3) is 0 Å². The summed E-state index contributed by atoms with van der Waals surface area (Å²) in [6, 6.07) is 4.27. The molecule has 0 atom stereocenters. The molecule has 0 aliphatic carbocycles. The molecule has 1 amide bonds. The average Bonchev–Trinajstić information content (AvgIpc) is 2.51. The maximum Gasteiger partial charge on any atom is 0.240 e. The van der Waals surface area contributed by atoms with Crippen LogP contribution in [0.3, 0.4) is 0 Å². The second-order valence-electron chi connectivity index (χ2n) is 5.80. The fraction of sp³-hybridized carbons (Fsp3) is 0.556. The summed E-state index contributed by atoms with van der Waals surface area (Å²) in [7, 11) is 0. The van der Waals surface area contributed by atoms with Crippen molar-refractivity contribution in [1.82, 2.24) is 5.43 Å². The molecule has 0 bridgehead atoms. The van der Waals surface area contributed by atoms with Gasteiger partial charge in [0.15, 0.2) is 0 Å². The smallest absolute Gasteiger partial charge is 0.240 e. The quantitative estimate of drug-likeness (QED) is 0.345. The van der Waals surface area contributed by atoms with E-state index in [4.69, 9.17) is 0 Å². The SMILES string of the molecule is CCCCCCCCCC(=O)N/N=C(\C)c1ccc(O)cc1O. The van der Waals surface area contributed by atoms with Gasteiger partial charge in [0.2, 0.25) is 5.91 Å². The lowest BCUT2D eigenvalue weighted by Crippen LogP contribution is -2.18. The van der Waals surface area contributed by atoms with Crippen molar-refractivity contribution in [3.8, 4) is 11.5 Å². The van der Waals surface area contributed by atoms with Gasteiger partial charge in [-0.3, -0.25) is 4.79 Å². The van der Waals surface area contributed by atoms with Gasteiger partial charge in [-0.2, -0.15) is 5.10 Å². The normalized spacial score (nSPS) is 11.5. The second kappa shape index (κ2) is 10.6. The minimum absolute atomic E-state index is 0.0120. The third kappa shape index (κ3) is 7.68. The first-order chi connectivity index (χ1) is 11.0. The third-order valence-corrected chi connectivity index (χ3v) is 3.73. The highest BCUT2D eigenvalue weighted by Crippen LogP contribution is 2.22. The zero-order chi connectivity index (χ0) is 17.1. The van der Waals surface area contributed by atoms with Crippen LogP contribution in [0.2, 0.25) is 0 Å². The van der Waals surface area contributed by atoms with Crippen LogP contribution in [-0.4, -0.2) is 21.8 Å². The minimum Gasteiger partial charge on any atom is -0.508 e. The molecule has 0 fully saturated rings. The van der Waals surface area contributed by atoms with Crippen molar-refractivity contribution in [2.45, 2.75) is 65.2 Å². The summed E-state index contributed by atoms with van der Waals surface area (Å²) in [5.41, 5.74) is 3.49. The van der Waals surface area contributed by atoms with Crippen LogP contribution in [0.1, 0.15) is 70.8 Å². The van der Waals surface area contributed by atoms with Crippen LogP contribution >= 0.6 is 0 Å². The van der Waals surface area contributed by atoms with E-state index >= 15 is 0 Å². The van der Waals surface area contributed by atoms with Crippen molar-refractivity contribution in [3.05, 3.63) is 23.8 Å². The fourth-order valence-corrected chi connectivity index (χ4v) is 2.33. The number of nitrogens with zero attached hydrogens (tertiary/aromatic N) is 1. The van der Waals surface area contributed by atoms with Crippen LogP contribution in [0.15, 0.2) is 23.3 Å². The Kier molecular flexibility index (Phi) is 8.80. The zero-order valence-corrected chi connectivity index (χ0v) is 14.1. The standard InChI is InChI=1S/C18H28N2O3/c1-3-4-5-6-7-8-9-10-18(23)20-19-14(2)16-12-11-15(21)13-17(16)22/h11-13,21-22H,3-10H2,1-2H3,(H,20,23)/b19-14+. The van der Waals surface area contributed by atoms with Crippen molar-refractivity contribution in [2.75, 3.05) is 0 Å². The molecule has 0 aliphatic rings. The lowest BCUT2D eigenvalue weighted by Gasteiger charge is -2.05. The maximum atomic E-state index is 11.7. The number of phenols is 2. The molecule has 5 heteroatoms. The number of aromatic hydroxyl groups is 2. The Morgan fingerprint density at radius 1 is 1.09 bits per heavy atom. The molecule has 0 aromatic heterocycles. The van der Waals surface area contributed by atoms with Crippen LogP contribution < -0.4 is 5.43 Å². The van der Waals surface area contributed by atoms with Gasteiger partial charge in [-0.15, -0.1) is 0 Å². The number of hydrogen-bond donors (Lipinski definition) is 3. The van der Waals surface area contributed by atoms with Crippen LogP contribution in [0.5, 0.6) is 11.5 Å². The molecule has 128 valence electrons. The molecule has 0 aliphatic heterocycles. The molecule has 0 radical (unpaired) electrons. The predicted octanol–water partition coefficient (Wildman–Crippen LogP) is 4.08. The van der Waals surface area contributed by atoms with E-state index in [0.717, 1.165) is 12.8 Å². The number of unbranched alkanes of at least 4 members (excludes halogenated alkanes) is 6. The summed E-state index contributed by atoms with van der Waals surface area (Å²) in [5, 5.41) is 23.0. The Hall–Kier alpha value is -2.04. The van der Waals surface area contributed by atoms with Gasteiger partial charge in [0.1, 0.15) is 11.5 Å². The Morgan fingerprint density at radius 2 is 1.74 bits per heavy atom. The first-order valence-corrected chi connectivity index (χ1v) is 8.40. The van der Waals surface area contributed by atoms with Gasteiger partial charge in [-0.25, -0.2) is 5.43 Å². The third-order valence-electron chi connectivity index (χ3n) is 3.73. The second-order valence-corrected chi connectivity index (χ2v) is 5.80. The molecule has 23 heavy (non-hydrogen) atoms. The fourth-order valence-electron chi connectivity index (χ4n) is 2.33. The van der Waals surface area contributed by atoms with Gasteiger partial charge in [-0.1, -0.05) is 45.4 Å². The molecule has 5 nitrogen and oxygen atoms in total. The van der Waals surface area contributed by atoms with Crippen molar-refractivity contribution in [3.63, 3.8) is 0 Å². The van der Waals surface area contributed by atoms with Crippen LogP contribution in [0.4, 0.5) is 0 Å². The summed E-state index contributed by atoms with van der Waals surface area (Å²) >= 11 is 0. The summed E-state index contributed by atoms with van der Waals surface area (Å²) in [6.45, 7) is 3.89. The number of nitrogens with one attached hydrogen (secondary N) is 1. The van der Waals surface area contributed by atoms with Gasteiger partial charge >= 0.3 is 0 Å². The summed E-state index contributed by atoms with van der Waals surface area (Å²) < 4.78 is 0. The molecule has 0 saturated heterocycles. The Balaban J connectivity index is 2.28. The van der Waals surface area contributed by atoms with E-state index in [1.807, 2.05) is 0 Å². The van der Waals surface area contributed by atoms with E-state index in [1.54, 1.807) is 13.0 Å². The Bertz CT molecular complexity index is 527. The molecule has 1 rings (SSSR count). The van der Waals surface area contributed by atoms with E-state index in [9.17, 15) is 15.0 Å². The van der Waals surface area contributed by atoms with Crippen molar-refractivity contribution in [2.24, 2.45) is 5.10 Å². The highest BCUT2D eigenvalue weighted by molar-refractivity contribution is 6.01. The molecule has 1 aromatic rings.